The number of nitrogens with one attached hydrogen (secondary N) is 1. The summed E-state index contributed by atoms with van der Waals surface area (Å²) >= 11 is 6.85. The van der Waals surface area contributed by atoms with E-state index in [9.17, 15) is 9.59 Å². The van der Waals surface area contributed by atoms with Gasteiger partial charge in [0.05, 0.1) is 11.3 Å². The molecule has 1 atom stereocenters. The van der Waals surface area contributed by atoms with E-state index >= 15 is 0 Å². The quantitative estimate of drug-likeness (QED) is 0.432. The number of benzene rings is 1. The molecule has 170 valence electrons. The first-order valence-corrected chi connectivity index (χ1v) is 11.8. The van der Waals surface area contributed by atoms with Crippen LogP contribution in [-0.4, -0.2) is 28.2 Å². The third-order valence-corrected chi connectivity index (χ3v) is 6.32. The molecule has 2 aromatic rings. The average Bonchev–Trinajstić information content (AvgIpc) is 3.21. The van der Waals surface area contributed by atoms with E-state index < -0.39 is 11.2 Å². The second kappa shape index (κ2) is 10.5. The predicted octanol–water partition coefficient (Wildman–Crippen LogP) is 4.45. The molecule has 0 saturated heterocycles. The van der Waals surface area contributed by atoms with Gasteiger partial charge in [-0.3, -0.25) is 9.78 Å². The van der Waals surface area contributed by atoms with Crippen LogP contribution in [0.15, 0.2) is 35.4 Å². The number of ether oxygens (including phenoxy) is 1. The Kier molecular flexibility index (Phi) is 7.98. The third kappa shape index (κ3) is 5.52. The summed E-state index contributed by atoms with van der Waals surface area (Å²) in [6, 6.07) is 8.02. The summed E-state index contributed by atoms with van der Waals surface area (Å²) in [6.07, 6.45) is 0.769. The minimum absolute atomic E-state index is 0.0755. The molecule has 3 N–H and O–H groups in total. The SMILES string of the molecule is Cc1ccc(-c2c(CN)c(CC(C)C)nc(C)c2C(=O)OCC2NC(C(=O)Cl)=CS2)cc1. The number of esters is 1. The summed E-state index contributed by atoms with van der Waals surface area (Å²) in [5.41, 5.74) is 12.1. The molecule has 0 spiro atoms. The van der Waals surface area contributed by atoms with Crippen molar-refractivity contribution in [2.24, 2.45) is 11.7 Å². The van der Waals surface area contributed by atoms with Crippen molar-refractivity contribution in [1.82, 2.24) is 10.3 Å². The molecule has 1 unspecified atom stereocenters. The smallest absolute Gasteiger partial charge is 0.340 e. The maximum Gasteiger partial charge on any atom is 0.340 e. The molecule has 3 rings (SSSR count). The van der Waals surface area contributed by atoms with Crippen molar-refractivity contribution in [2.75, 3.05) is 6.61 Å². The number of hydrogen-bond donors (Lipinski definition) is 2. The molecule has 0 amide bonds. The third-order valence-electron chi connectivity index (χ3n) is 5.16. The Morgan fingerprint density at radius 3 is 2.50 bits per heavy atom. The number of hydrogen-bond acceptors (Lipinski definition) is 7. The average molecular weight is 474 g/mol. The van der Waals surface area contributed by atoms with Crippen LogP contribution in [0.3, 0.4) is 0 Å². The first-order valence-electron chi connectivity index (χ1n) is 10.5. The minimum Gasteiger partial charge on any atom is -0.459 e. The molecule has 0 radical (unpaired) electrons. The first-order chi connectivity index (χ1) is 15.2. The number of halogens is 1. The molecule has 1 aliphatic rings. The minimum atomic E-state index is -0.568. The Morgan fingerprint density at radius 1 is 1.25 bits per heavy atom. The van der Waals surface area contributed by atoms with Crippen LogP contribution in [0.2, 0.25) is 0 Å². The largest absolute Gasteiger partial charge is 0.459 e. The van der Waals surface area contributed by atoms with Crippen LogP contribution in [0, 0.1) is 19.8 Å². The maximum atomic E-state index is 13.3. The van der Waals surface area contributed by atoms with Gasteiger partial charge >= 0.3 is 5.97 Å². The van der Waals surface area contributed by atoms with Crippen molar-refractivity contribution < 1.29 is 14.3 Å². The standard InChI is InChI=1S/C24H28ClN3O3S/c1-13(2)9-18-17(10-26)22(16-7-5-14(3)6-8-16)21(15(4)27-18)24(30)31-11-20-28-19(12-32-20)23(25)29/h5-8,12-13,20,28H,9-11,26H2,1-4H3. The zero-order valence-corrected chi connectivity index (χ0v) is 20.3. The summed E-state index contributed by atoms with van der Waals surface area (Å²) in [5.74, 6) is -0.0721. The van der Waals surface area contributed by atoms with Crippen molar-refractivity contribution >= 4 is 34.6 Å². The van der Waals surface area contributed by atoms with E-state index in [4.69, 9.17) is 27.1 Å². The number of pyridine rings is 1. The Morgan fingerprint density at radius 2 is 1.94 bits per heavy atom. The number of allylic oxidation sites excluding steroid dienone is 1. The van der Waals surface area contributed by atoms with E-state index in [2.05, 4.69) is 19.2 Å². The van der Waals surface area contributed by atoms with Crippen LogP contribution < -0.4 is 11.1 Å². The summed E-state index contributed by atoms with van der Waals surface area (Å²) in [7, 11) is 0. The fraction of sp³-hybridized carbons (Fsp3) is 0.375. The van der Waals surface area contributed by atoms with E-state index in [0.29, 0.717) is 22.9 Å². The highest BCUT2D eigenvalue weighted by Crippen LogP contribution is 2.33. The Labute approximate surface area is 198 Å². The summed E-state index contributed by atoms with van der Waals surface area (Å²) in [6.45, 7) is 8.45. The van der Waals surface area contributed by atoms with Crippen LogP contribution in [0.4, 0.5) is 0 Å². The Balaban J connectivity index is 1.97. The van der Waals surface area contributed by atoms with Gasteiger partial charge in [-0.1, -0.05) is 43.7 Å². The highest BCUT2D eigenvalue weighted by molar-refractivity contribution is 8.03. The van der Waals surface area contributed by atoms with Crippen molar-refractivity contribution in [1.29, 1.82) is 0 Å². The zero-order chi connectivity index (χ0) is 23.4. The number of thioether (sulfide) groups is 1. The molecule has 2 heterocycles. The highest BCUT2D eigenvalue weighted by atomic mass is 35.5. The number of carbonyl (C=O) groups is 2. The molecule has 0 bridgehead atoms. The molecular formula is C24H28ClN3O3S. The fourth-order valence-electron chi connectivity index (χ4n) is 3.67. The van der Waals surface area contributed by atoms with E-state index in [1.165, 1.54) is 11.8 Å². The number of carbonyl (C=O) groups excluding carboxylic acids is 2. The van der Waals surface area contributed by atoms with E-state index in [1.54, 1.807) is 5.41 Å². The molecule has 8 heteroatoms. The van der Waals surface area contributed by atoms with Crippen LogP contribution >= 0.6 is 23.4 Å². The Bertz CT molecular complexity index is 1050. The van der Waals surface area contributed by atoms with Crippen LogP contribution in [0.1, 0.15) is 46.7 Å². The van der Waals surface area contributed by atoms with Gasteiger partial charge in [-0.05, 0) is 48.9 Å². The van der Waals surface area contributed by atoms with Gasteiger partial charge < -0.3 is 15.8 Å². The van der Waals surface area contributed by atoms with Gasteiger partial charge in [0.1, 0.15) is 17.7 Å². The normalized spacial score (nSPS) is 15.5. The summed E-state index contributed by atoms with van der Waals surface area (Å²) in [5, 5.41) is 3.73. The van der Waals surface area contributed by atoms with E-state index in [1.807, 2.05) is 38.1 Å². The van der Waals surface area contributed by atoms with Crippen LogP contribution in [0.25, 0.3) is 11.1 Å². The van der Waals surface area contributed by atoms with Crippen LogP contribution in [0.5, 0.6) is 0 Å². The lowest BCUT2D eigenvalue weighted by Crippen LogP contribution is -2.29. The molecule has 0 aliphatic carbocycles. The van der Waals surface area contributed by atoms with Crippen molar-refractivity contribution in [3.63, 3.8) is 0 Å². The lowest BCUT2D eigenvalue weighted by molar-refractivity contribution is -0.108. The second-order valence-corrected chi connectivity index (χ2v) is 9.63. The zero-order valence-electron chi connectivity index (χ0n) is 18.7. The number of aromatic nitrogens is 1. The van der Waals surface area contributed by atoms with Gasteiger partial charge in [0.25, 0.3) is 5.24 Å². The molecule has 1 aliphatic heterocycles. The monoisotopic (exact) mass is 473 g/mol. The van der Waals surface area contributed by atoms with Gasteiger partial charge in [0, 0.05) is 23.2 Å². The number of rotatable bonds is 8. The molecule has 1 aromatic carbocycles. The van der Waals surface area contributed by atoms with Gasteiger partial charge in [0.2, 0.25) is 0 Å². The molecule has 1 aromatic heterocycles. The topological polar surface area (TPSA) is 94.3 Å². The second-order valence-electron chi connectivity index (χ2n) is 8.21. The van der Waals surface area contributed by atoms with Gasteiger partial charge in [-0.2, -0.15) is 0 Å². The molecule has 0 fully saturated rings. The van der Waals surface area contributed by atoms with Crippen molar-refractivity contribution in [3.8, 4) is 11.1 Å². The fourth-order valence-corrected chi connectivity index (χ4v) is 4.66. The first kappa shape index (κ1) is 24.3. The van der Waals surface area contributed by atoms with E-state index in [0.717, 1.165) is 34.4 Å². The number of nitrogens with zero attached hydrogens (tertiary/aromatic N) is 1. The molecular weight excluding hydrogens is 446 g/mol. The van der Waals surface area contributed by atoms with E-state index in [-0.39, 0.29) is 18.5 Å². The van der Waals surface area contributed by atoms with Crippen molar-refractivity contribution in [2.45, 2.75) is 46.0 Å². The molecule has 32 heavy (non-hydrogen) atoms. The number of nitrogens with two attached hydrogens (primary N) is 1. The summed E-state index contributed by atoms with van der Waals surface area (Å²) in [4.78, 5) is 29.3. The van der Waals surface area contributed by atoms with Gasteiger partial charge in [-0.25, -0.2) is 4.79 Å². The van der Waals surface area contributed by atoms with Gasteiger partial charge in [-0.15, -0.1) is 11.8 Å². The number of aryl methyl sites for hydroxylation is 2. The lowest BCUT2D eigenvalue weighted by Gasteiger charge is -2.21. The molecule has 6 nitrogen and oxygen atoms in total. The Hall–Kier alpha value is -2.35. The lowest BCUT2D eigenvalue weighted by atomic mass is 9.90. The van der Waals surface area contributed by atoms with Gasteiger partial charge in [0.15, 0.2) is 0 Å². The molecule has 0 saturated carbocycles. The maximum absolute atomic E-state index is 13.3. The summed E-state index contributed by atoms with van der Waals surface area (Å²) < 4.78 is 5.64. The predicted molar refractivity (Wildman–Crippen MR) is 129 cm³/mol. The highest BCUT2D eigenvalue weighted by Gasteiger charge is 2.27. The van der Waals surface area contributed by atoms with Crippen molar-refractivity contribution in [3.05, 3.63) is 63.4 Å². The van der Waals surface area contributed by atoms with Crippen LogP contribution in [-0.2, 0) is 22.5 Å².